The van der Waals surface area contributed by atoms with Crippen molar-refractivity contribution >= 4 is 11.6 Å². The second-order valence-electron chi connectivity index (χ2n) is 6.10. The predicted octanol–water partition coefficient (Wildman–Crippen LogP) is 6.98. The Morgan fingerprint density at radius 2 is 1.33 bits per heavy atom. The van der Waals surface area contributed by atoms with Crippen LogP contribution in [-0.2, 0) is 6.42 Å². The quantitative estimate of drug-likeness (QED) is 0.358. The van der Waals surface area contributed by atoms with E-state index in [1.165, 1.54) is 77.0 Å². The zero-order valence-electron chi connectivity index (χ0n) is 13.7. The van der Waals surface area contributed by atoms with Crippen LogP contribution in [0, 0.1) is 0 Å². The lowest BCUT2D eigenvalue weighted by Gasteiger charge is -2.03. The summed E-state index contributed by atoms with van der Waals surface area (Å²) >= 11 is 5.96. The van der Waals surface area contributed by atoms with E-state index in [1.54, 1.807) is 6.20 Å². The maximum absolute atomic E-state index is 5.96. The largest absolute Gasteiger partial charge is 0.261 e. The number of unbranched alkanes of at least 4 members (excludes halogenated alkanes) is 11. The number of halogens is 1. The van der Waals surface area contributed by atoms with Crippen LogP contribution in [0.3, 0.4) is 0 Å². The third-order valence-electron chi connectivity index (χ3n) is 4.07. The van der Waals surface area contributed by atoms with Crippen molar-refractivity contribution < 1.29 is 0 Å². The van der Waals surface area contributed by atoms with Crippen LogP contribution in [0.1, 0.15) is 89.7 Å². The monoisotopic (exact) mass is 309 g/mol. The highest BCUT2D eigenvalue weighted by Gasteiger charge is 1.97. The van der Waals surface area contributed by atoms with Gasteiger partial charge in [-0.25, -0.2) is 0 Å². The summed E-state index contributed by atoms with van der Waals surface area (Å²) in [5.41, 5.74) is 1.13. The van der Waals surface area contributed by atoms with Gasteiger partial charge < -0.3 is 0 Å². The summed E-state index contributed by atoms with van der Waals surface area (Å²) < 4.78 is 0. The van der Waals surface area contributed by atoms with E-state index >= 15 is 0 Å². The van der Waals surface area contributed by atoms with Gasteiger partial charge in [0.25, 0.3) is 0 Å². The zero-order valence-corrected chi connectivity index (χ0v) is 14.5. The maximum Gasteiger partial charge on any atom is 0.0439 e. The number of aryl methyl sites for hydroxylation is 1. The van der Waals surface area contributed by atoms with Crippen LogP contribution in [0.5, 0.6) is 0 Å². The van der Waals surface area contributed by atoms with Crippen LogP contribution in [0.15, 0.2) is 18.3 Å². The predicted molar refractivity (Wildman–Crippen MR) is 94.0 cm³/mol. The number of hydrogen-bond donors (Lipinski definition) is 0. The molecule has 1 nitrogen and oxygen atoms in total. The molecular weight excluding hydrogens is 278 g/mol. The minimum Gasteiger partial charge on any atom is -0.261 e. The van der Waals surface area contributed by atoms with Gasteiger partial charge in [0, 0.05) is 16.9 Å². The van der Waals surface area contributed by atoms with Crippen LogP contribution < -0.4 is 0 Å². The molecule has 0 aromatic carbocycles. The molecule has 0 N–H and O–H groups in total. The van der Waals surface area contributed by atoms with Gasteiger partial charge in [0.2, 0.25) is 0 Å². The van der Waals surface area contributed by atoms with Gasteiger partial charge in [-0.05, 0) is 25.0 Å². The number of aromatic nitrogens is 1. The molecular formula is C19H32ClN. The number of pyridine rings is 1. The summed E-state index contributed by atoms with van der Waals surface area (Å²) in [7, 11) is 0. The van der Waals surface area contributed by atoms with Crippen LogP contribution >= 0.6 is 11.6 Å². The Kier molecular flexibility index (Phi) is 11.6. The van der Waals surface area contributed by atoms with E-state index in [9.17, 15) is 0 Å². The molecule has 0 aliphatic rings. The minimum absolute atomic E-state index is 0.805. The average molecular weight is 310 g/mol. The first-order chi connectivity index (χ1) is 10.3. The molecule has 0 amide bonds. The summed E-state index contributed by atoms with van der Waals surface area (Å²) in [5.74, 6) is 0. The number of nitrogens with zero attached hydrogens (tertiary/aromatic N) is 1. The SMILES string of the molecule is CCCCCCCCCCCCCCc1cc(Cl)ccn1. The van der Waals surface area contributed by atoms with Crippen LogP contribution in [0.2, 0.25) is 5.02 Å². The highest BCUT2D eigenvalue weighted by molar-refractivity contribution is 6.30. The lowest BCUT2D eigenvalue weighted by Crippen LogP contribution is -1.90. The second kappa shape index (κ2) is 13.1. The van der Waals surface area contributed by atoms with Crippen molar-refractivity contribution in [3.8, 4) is 0 Å². The van der Waals surface area contributed by atoms with Gasteiger partial charge in [0.05, 0.1) is 0 Å². The Hall–Kier alpha value is -0.560. The standard InChI is InChI=1S/C19H32ClN/c1-2-3-4-5-6-7-8-9-10-11-12-13-14-19-17-18(20)15-16-21-19/h15-17H,2-14H2,1H3. The zero-order chi connectivity index (χ0) is 15.2. The Balaban J connectivity index is 1.82. The van der Waals surface area contributed by atoms with Crippen molar-refractivity contribution in [3.63, 3.8) is 0 Å². The maximum atomic E-state index is 5.96. The fourth-order valence-electron chi connectivity index (χ4n) is 2.73. The van der Waals surface area contributed by atoms with E-state index < -0.39 is 0 Å². The molecule has 1 aromatic rings. The molecule has 0 fully saturated rings. The molecule has 0 atom stereocenters. The van der Waals surface area contributed by atoms with Gasteiger partial charge in [-0.2, -0.15) is 0 Å². The molecule has 0 unspecified atom stereocenters. The minimum atomic E-state index is 0.805. The molecule has 1 heterocycles. The van der Waals surface area contributed by atoms with Crippen molar-refractivity contribution in [2.45, 2.75) is 90.4 Å². The Labute approximate surface area is 136 Å². The first kappa shape index (κ1) is 18.5. The van der Waals surface area contributed by atoms with E-state index in [0.29, 0.717) is 0 Å². The van der Waals surface area contributed by atoms with Crippen molar-refractivity contribution in [3.05, 3.63) is 29.0 Å². The highest BCUT2D eigenvalue weighted by Crippen LogP contribution is 2.14. The first-order valence-corrected chi connectivity index (χ1v) is 9.31. The van der Waals surface area contributed by atoms with E-state index in [2.05, 4.69) is 11.9 Å². The molecule has 0 bridgehead atoms. The molecule has 2 heteroatoms. The summed E-state index contributed by atoms with van der Waals surface area (Å²) in [5, 5.41) is 0.805. The fourth-order valence-corrected chi connectivity index (χ4v) is 2.91. The van der Waals surface area contributed by atoms with Gasteiger partial charge in [-0.15, -0.1) is 0 Å². The first-order valence-electron chi connectivity index (χ1n) is 8.93. The lowest BCUT2D eigenvalue weighted by molar-refractivity contribution is 0.543. The summed E-state index contributed by atoms with van der Waals surface area (Å²) in [6.45, 7) is 2.28. The van der Waals surface area contributed by atoms with E-state index in [4.69, 9.17) is 11.6 Å². The summed E-state index contributed by atoms with van der Waals surface area (Å²) in [6, 6.07) is 3.83. The Morgan fingerprint density at radius 3 is 1.86 bits per heavy atom. The Bertz CT molecular complexity index is 351. The third-order valence-corrected chi connectivity index (χ3v) is 4.30. The molecule has 120 valence electrons. The van der Waals surface area contributed by atoms with Gasteiger partial charge in [0.15, 0.2) is 0 Å². The van der Waals surface area contributed by atoms with Gasteiger partial charge >= 0.3 is 0 Å². The molecule has 0 saturated carbocycles. The highest BCUT2D eigenvalue weighted by atomic mass is 35.5. The van der Waals surface area contributed by atoms with Crippen LogP contribution in [-0.4, -0.2) is 4.98 Å². The smallest absolute Gasteiger partial charge is 0.0439 e. The van der Waals surface area contributed by atoms with Gasteiger partial charge in [0.1, 0.15) is 0 Å². The van der Waals surface area contributed by atoms with Gasteiger partial charge in [-0.3, -0.25) is 4.98 Å². The molecule has 0 aliphatic heterocycles. The van der Waals surface area contributed by atoms with E-state index in [-0.39, 0.29) is 0 Å². The van der Waals surface area contributed by atoms with Crippen molar-refractivity contribution in [1.82, 2.24) is 4.98 Å². The summed E-state index contributed by atoms with van der Waals surface area (Å²) in [6.07, 6.45) is 19.6. The van der Waals surface area contributed by atoms with Crippen LogP contribution in [0.4, 0.5) is 0 Å². The van der Waals surface area contributed by atoms with Crippen molar-refractivity contribution in [1.29, 1.82) is 0 Å². The normalized spacial score (nSPS) is 11.0. The molecule has 0 spiro atoms. The third kappa shape index (κ3) is 10.8. The van der Waals surface area contributed by atoms with Crippen molar-refractivity contribution in [2.75, 3.05) is 0 Å². The topological polar surface area (TPSA) is 12.9 Å². The van der Waals surface area contributed by atoms with Gasteiger partial charge in [-0.1, -0.05) is 89.2 Å². The molecule has 1 aromatic heterocycles. The molecule has 0 aliphatic carbocycles. The summed E-state index contributed by atoms with van der Waals surface area (Å²) in [4.78, 5) is 4.34. The lowest BCUT2D eigenvalue weighted by atomic mass is 10.0. The molecule has 1 rings (SSSR count). The van der Waals surface area contributed by atoms with Crippen molar-refractivity contribution in [2.24, 2.45) is 0 Å². The molecule has 0 saturated heterocycles. The number of rotatable bonds is 13. The second-order valence-corrected chi connectivity index (χ2v) is 6.54. The molecule has 21 heavy (non-hydrogen) atoms. The average Bonchev–Trinajstić information content (AvgIpc) is 2.48. The Morgan fingerprint density at radius 1 is 0.810 bits per heavy atom. The number of hydrogen-bond acceptors (Lipinski definition) is 1. The van der Waals surface area contributed by atoms with Crippen LogP contribution in [0.25, 0.3) is 0 Å². The molecule has 0 radical (unpaired) electrons. The van der Waals surface area contributed by atoms with E-state index in [1.807, 2.05) is 12.1 Å². The van der Waals surface area contributed by atoms with E-state index in [0.717, 1.165) is 17.1 Å². The fraction of sp³-hybridized carbons (Fsp3) is 0.737.